The number of sulfone groups is 1. The lowest BCUT2D eigenvalue weighted by Crippen LogP contribution is -2.45. The Morgan fingerprint density at radius 3 is 2.58 bits per heavy atom. The number of aromatic nitrogens is 1. The summed E-state index contributed by atoms with van der Waals surface area (Å²) in [5.41, 5.74) is 19.9. The third kappa shape index (κ3) is 4.49. The van der Waals surface area contributed by atoms with E-state index in [2.05, 4.69) is 20.6 Å². The van der Waals surface area contributed by atoms with Crippen molar-refractivity contribution in [2.45, 2.75) is 37.9 Å². The van der Waals surface area contributed by atoms with Crippen molar-refractivity contribution in [3.8, 4) is 17.0 Å². The van der Waals surface area contributed by atoms with Gasteiger partial charge in [-0.3, -0.25) is 5.73 Å². The number of ether oxygens (including phenoxy) is 1. The number of rotatable bonds is 4. The van der Waals surface area contributed by atoms with Gasteiger partial charge in [0.05, 0.1) is 12.3 Å². The summed E-state index contributed by atoms with van der Waals surface area (Å²) in [6.45, 7) is 6.74. The van der Waals surface area contributed by atoms with E-state index in [-0.39, 0.29) is 11.4 Å². The first-order valence-corrected chi connectivity index (χ1v) is 13.7. The molecule has 0 aliphatic carbocycles. The van der Waals surface area contributed by atoms with Crippen LogP contribution in [0.4, 0.5) is 17.1 Å². The molecule has 5 rings (SSSR count). The fourth-order valence-electron chi connectivity index (χ4n) is 4.54. The van der Waals surface area contributed by atoms with Crippen molar-refractivity contribution in [3.05, 3.63) is 64.8 Å². The summed E-state index contributed by atoms with van der Waals surface area (Å²) in [7, 11) is -3.13. The highest BCUT2D eigenvalue weighted by Gasteiger charge is 2.32. The van der Waals surface area contributed by atoms with Gasteiger partial charge in [0, 0.05) is 46.7 Å². The number of fused-ring (bicyclic) bond motifs is 2. The Labute approximate surface area is 210 Å². The summed E-state index contributed by atoms with van der Waals surface area (Å²) in [5.74, 6) is -0.675. The van der Waals surface area contributed by atoms with Crippen LogP contribution in [0.25, 0.3) is 11.1 Å². The van der Waals surface area contributed by atoms with Crippen LogP contribution in [0.2, 0.25) is 0 Å². The van der Waals surface area contributed by atoms with Crippen LogP contribution >= 0.6 is 0 Å². The molecular formula is C26H30N6O3S. The van der Waals surface area contributed by atoms with Crippen molar-refractivity contribution in [1.29, 1.82) is 0 Å². The number of anilines is 3. The summed E-state index contributed by atoms with van der Waals surface area (Å²) in [4.78, 5) is 9.10. The summed E-state index contributed by atoms with van der Waals surface area (Å²) in [6.07, 6.45) is 4.68. The van der Waals surface area contributed by atoms with Crippen molar-refractivity contribution in [2.75, 3.05) is 29.2 Å². The summed E-state index contributed by atoms with van der Waals surface area (Å²) < 4.78 is 29.3. The molecule has 0 saturated heterocycles. The largest absolute Gasteiger partial charge is 0.468 e. The molecule has 2 aliphatic heterocycles. The van der Waals surface area contributed by atoms with Gasteiger partial charge >= 0.3 is 0 Å². The highest BCUT2D eigenvalue weighted by atomic mass is 32.2. The molecule has 6 N–H and O–H groups in total. The maximum absolute atomic E-state index is 11.6. The predicted molar refractivity (Wildman–Crippen MR) is 144 cm³/mol. The number of hydrogen-bond donors (Lipinski definition) is 4. The first kappa shape index (κ1) is 24.1. The number of pyridine rings is 1. The van der Waals surface area contributed by atoms with Gasteiger partial charge in [0.25, 0.3) is 0 Å². The number of nitrogens with zero attached hydrogens (tertiary/aromatic N) is 2. The van der Waals surface area contributed by atoms with Gasteiger partial charge < -0.3 is 21.1 Å². The second-order valence-corrected chi connectivity index (χ2v) is 12.3. The van der Waals surface area contributed by atoms with Crippen molar-refractivity contribution in [2.24, 2.45) is 10.7 Å². The SMILES string of the molecule is Cc1c(-c2cc(N)c3c(c2)NC(N)(c2ccc(CS(C)(=O)=O)cc2)N=C3)cnc2c1NCC(C)(C)O2. The fraction of sp³-hybridized carbons (Fsp3) is 0.308. The second-order valence-electron chi connectivity index (χ2n) is 10.1. The van der Waals surface area contributed by atoms with Gasteiger partial charge in [-0.05, 0) is 49.6 Å². The molecule has 0 fully saturated rings. The summed E-state index contributed by atoms with van der Waals surface area (Å²) >= 11 is 0. The van der Waals surface area contributed by atoms with Crippen molar-refractivity contribution < 1.29 is 13.2 Å². The minimum absolute atomic E-state index is 0.0319. The van der Waals surface area contributed by atoms with E-state index >= 15 is 0 Å². The molecule has 0 bridgehead atoms. The zero-order valence-electron chi connectivity index (χ0n) is 20.7. The lowest BCUT2D eigenvalue weighted by atomic mass is 9.95. The van der Waals surface area contributed by atoms with Crippen LogP contribution in [0.5, 0.6) is 5.88 Å². The zero-order valence-corrected chi connectivity index (χ0v) is 21.5. The lowest BCUT2D eigenvalue weighted by Gasteiger charge is -2.34. The first-order valence-electron chi connectivity index (χ1n) is 11.6. The minimum Gasteiger partial charge on any atom is -0.468 e. The summed E-state index contributed by atoms with van der Waals surface area (Å²) in [5, 5.41) is 6.77. The van der Waals surface area contributed by atoms with E-state index in [1.807, 2.05) is 32.9 Å². The second kappa shape index (κ2) is 8.21. The van der Waals surface area contributed by atoms with Crippen LogP contribution in [-0.4, -0.2) is 38.0 Å². The van der Waals surface area contributed by atoms with E-state index in [0.717, 1.165) is 33.6 Å². The Hall–Kier alpha value is -3.63. The molecular weight excluding hydrogens is 476 g/mol. The Morgan fingerprint density at radius 2 is 1.89 bits per heavy atom. The highest BCUT2D eigenvalue weighted by Crippen LogP contribution is 2.41. The Balaban J connectivity index is 1.49. The van der Waals surface area contributed by atoms with E-state index in [1.165, 1.54) is 6.26 Å². The van der Waals surface area contributed by atoms with E-state index in [9.17, 15) is 8.42 Å². The molecule has 2 aliphatic rings. The number of hydrogen-bond acceptors (Lipinski definition) is 9. The van der Waals surface area contributed by atoms with Gasteiger partial charge in [-0.15, -0.1) is 0 Å². The molecule has 3 heterocycles. The van der Waals surface area contributed by atoms with E-state index < -0.39 is 15.6 Å². The van der Waals surface area contributed by atoms with Gasteiger partial charge in [-0.1, -0.05) is 24.3 Å². The molecule has 3 aromatic rings. The smallest absolute Gasteiger partial charge is 0.238 e. The van der Waals surface area contributed by atoms with Gasteiger partial charge in [-0.25, -0.2) is 18.4 Å². The normalized spacial score (nSPS) is 19.9. The number of nitrogen functional groups attached to an aromatic ring is 1. The van der Waals surface area contributed by atoms with Gasteiger partial charge in [-0.2, -0.15) is 0 Å². The van der Waals surface area contributed by atoms with Gasteiger partial charge in [0.2, 0.25) is 11.7 Å². The average Bonchev–Trinajstić information content (AvgIpc) is 2.77. The van der Waals surface area contributed by atoms with Crippen LogP contribution in [0.3, 0.4) is 0 Å². The van der Waals surface area contributed by atoms with Crippen molar-refractivity contribution in [1.82, 2.24) is 4.98 Å². The quantitative estimate of drug-likeness (QED) is 0.394. The van der Waals surface area contributed by atoms with Gasteiger partial charge in [0.1, 0.15) is 11.3 Å². The predicted octanol–water partition coefficient (Wildman–Crippen LogP) is 3.38. The van der Waals surface area contributed by atoms with Gasteiger partial charge in [0.15, 0.2) is 9.84 Å². The van der Waals surface area contributed by atoms with E-state index in [4.69, 9.17) is 16.2 Å². The Morgan fingerprint density at radius 1 is 1.17 bits per heavy atom. The van der Waals surface area contributed by atoms with Crippen LogP contribution < -0.4 is 26.8 Å². The Bertz CT molecular complexity index is 1500. The van der Waals surface area contributed by atoms with Crippen molar-refractivity contribution >= 4 is 33.1 Å². The van der Waals surface area contributed by atoms with Crippen LogP contribution in [0.1, 0.15) is 36.1 Å². The number of aliphatic imine (C=N–C) groups is 1. The molecule has 188 valence electrons. The monoisotopic (exact) mass is 506 g/mol. The van der Waals surface area contributed by atoms with Crippen molar-refractivity contribution in [3.63, 3.8) is 0 Å². The standard InChI is InChI=1S/C26H30N6O3S/c1-15-19(11-29-24-23(15)30-14-25(2,3)35-24)17-9-21(27)20-12-31-26(28,32-22(20)10-17)18-7-5-16(6-8-18)13-36(4,33)34/h5-12,30,32H,13-14,27-28H2,1-4H3. The van der Waals surface area contributed by atoms with Crippen LogP contribution in [0.15, 0.2) is 47.6 Å². The third-order valence-electron chi connectivity index (χ3n) is 6.44. The fourth-order valence-corrected chi connectivity index (χ4v) is 5.34. The number of nitrogens with two attached hydrogens (primary N) is 2. The molecule has 0 saturated carbocycles. The number of benzene rings is 2. The molecule has 0 radical (unpaired) electrons. The average molecular weight is 507 g/mol. The number of nitrogens with one attached hydrogen (secondary N) is 2. The lowest BCUT2D eigenvalue weighted by molar-refractivity contribution is 0.109. The molecule has 2 aromatic carbocycles. The molecule has 0 spiro atoms. The van der Waals surface area contributed by atoms with E-state index in [1.54, 1.807) is 36.7 Å². The third-order valence-corrected chi connectivity index (χ3v) is 7.29. The molecule has 1 aromatic heterocycles. The molecule has 1 unspecified atom stereocenters. The maximum atomic E-state index is 11.6. The molecule has 0 amide bonds. The molecule has 9 nitrogen and oxygen atoms in total. The topological polar surface area (TPSA) is 145 Å². The van der Waals surface area contributed by atoms with E-state index in [0.29, 0.717) is 29.2 Å². The zero-order chi connectivity index (χ0) is 25.9. The first-order chi connectivity index (χ1) is 16.8. The molecule has 1 atom stereocenters. The van der Waals surface area contributed by atoms with Crippen LogP contribution in [-0.2, 0) is 21.4 Å². The maximum Gasteiger partial charge on any atom is 0.238 e. The Kier molecular flexibility index (Phi) is 5.49. The van der Waals surface area contributed by atoms with Crippen LogP contribution in [0, 0.1) is 6.92 Å². The minimum atomic E-state index is -3.13. The molecule has 10 heteroatoms. The molecule has 36 heavy (non-hydrogen) atoms. The summed E-state index contributed by atoms with van der Waals surface area (Å²) in [6, 6.07) is 11.0. The highest BCUT2D eigenvalue weighted by molar-refractivity contribution is 7.89.